The molecule has 1 aromatic heterocycles. The Morgan fingerprint density at radius 1 is 1.38 bits per heavy atom. The Kier molecular flexibility index (Phi) is 4.71. The van der Waals surface area contributed by atoms with Gasteiger partial charge in [-0.15, -0.1) is 0 Å². The Bertz CT molecular complexity index is 730. The SMILES string of the molecule is CCOC(=O)C1CN(c2ncc(-c3cccc(CO)c3F)cn2)C1. The third-order valence-corrected chi connectivity index (χ3v) is 3.98. The van der Waals surface area contributed by atoms with Crippen molar-refractivity contribution in [1.82, 2.24) is 9.97 Å². The average molecular weight is 331 g/mol. The molecule has 6 nitrogen and oxygen atoms in total. The lowest BCUT2D eigenvalue weighted by Gasteiger charge is -2.37. The number of hydrogen-bond donors (Lipinski definition) is 1. The summed E-state index contributed by atoms with van der Waals surface area (Å²) < 4.78 is 19.2. The third-order valence-electron chi connectivity index (χ3n) is 3.98. The second kappa shape index (κ2) is 6.92. The maximum atomic E-state index is 14.2. The molecular formula is C17H18FN3O3. The van der Waals surface area contributed by atoms with Crippen LogP contribution in [0.25, 0.3) is 11.1 Å². The zero-order chi connectivity index (χ0) is 17.1. The Balaban J connectivity index is 1.70. The van der Waals surface area contributed by atoms with Crippen molar-refractivity contribution in [3.63, 3.8) is 0 Å². The van der Waals surface area contributed by atoms with E-state index in [9.17, 15) is 9.18 Å². The molecule has 7 heteroatoms. The van der Waals surface area contributed by atoms with Gasteiger partial charge in [-0.2, -0.15) is 0 Å². The molecule has 3 rings (SSSR count). The summed E-state index contributed by atoms with van der Waals surface area (Å²) in [5.41, 5.74) is 1.12. The lowest BCUT2D eigenvalue weighted by molar-refractivity contribution is -0.148. The third kappa shape index (κ3) is 3.07. The standard InChI is InChI=1S/C17H18FN3O3/c1-2-24-16(23)13-8-21(9-13)17-19-6-12(7-20-17)14-5-3-4-11(10-22)15(14)18/h3-7,13,22H,2,8-10H2,1H3. The van der Waals surface area contributed by atoms with Gasteiger partial charge in [-0.05, 0) is 6.92 Å². The van der Waals surface area contributed by atoms with E-state index >= 15 is 0 Å². The number of aliphatic hydroxyl groups is 1. The van der Waals surface area contributed by atoms with Crippen molar-refractivity contribution in [1.29, 1.82) is 0 Å². The normalized spacial score (nSPS) is 14.4. The van der Waals surface area contributed by atoms with Crippen LogP contribution in [0.3, 0.4) is 0 Å². The molecule has 2 aromatic rings. The van der Waals surface area contributed by atoms with E-state index in [1.54, 1.807) is 31.5 Å². The summed E-state index contributed by atoms with van der Waals surface area (Å²) in [4.78, 5) is 21.9. The van der Waals surface area contributed by atoms with E-state index in [1.807, 2.05) is 4.90 Å². The Labute approximate surface area is 138 Å². The minimum Gasteiger partial charge on any atom is -0.466 e. The number of esters is 1. The van der Waals surface area contributed by atoms with Crippen LogP contribution < -0.4 is 4.90 Å². The van der Waals surface area contributed by atoms with Gasteiger partial charge in [0.2, 0.25) is 5.95 Å². The summed E-state index contributed by atoms with van der Waals surface area (Å²) in [5, 5.41) is 9.14. The quantitative estimate of drug-likeness (QED) is 0.842. The second-order valence-corrected chi connectivity index (χ2v) is 5.56. The molecule has 1 N–H and O–H groups in total. The molecule has 1 aromatic carbocycles. The van der Waals surface area contributed by atoms with Gasteiger partial charge < -0.3 is 14.7 Å². The number of carbonyl (C=O) groups is 1. The van der Waals surface area contributed by atoms with Crippen molar-refractivity contribution < 1.29 is 19.0 Å². The largest absolute Gasteiger partial charge is 0.466 e. The van der Waals surface area contributed by atoms with E-state index in [2.05, 4.69) is 9.97 Å². The molecule has 1 saturated heterocycles. The van der Waals surface area contributed by atoms with E-state index in [-0.39, 0.29) is 24.1 Å². The van der Waals surface area contributed by atoms with Crippen LogP contribution in [0.1, 0.15) is 12.5 Å². The fraction of sp³-hybridized carbons (Fsp3) is 0.353. The Morgan fingerprint density at radius 3 is 2.71 bits per heavy atom. The van der Waals surface area contributed by atoms with Gasteiger partial charge in [-0.3, -0.25) is 4.79 Å². The molecule has 0 bridgehead atoms. The van der Waals surface area contributed by atoms with Gasteiger partial charge in [0.15, 0.2) is 0 Å². The number of benzene rings is 1. The zero-order valence-electron chi connectivity index (χ0n) is 13.3. The molecule has 0 atom stereocenters. The van der Waals surface area contributed by atoms with Crippen molar-refractivity contribution in [3.05, 3.63) is 42.0 Å². The lowest BCUT2D eigenvalue weighted by Crippen LogP contribution is -2.51. The molecule has 1 fully saturated rings. The smallest absolute Gasteiger partial charge is 0.312 e. The van der Waals surface area contributed by atoms with Crippen molar-refractivity contribution in [2.24, 2.45) is 5.92 Å². The van der Waals surface area contributed by atoms with E-state index in [0.717, 1.165) is 0 Å². The molecule has 126 valence electrons. The molecule has 1 aliphatic rings. The summed E-state index contributed by atoms with van der Waals surface area (Å²) in [6.07, 6.45) is 3.08. The first-order valence-electron chi connectivity index (χ1n) is 7.76. The summed E-state index contributed by atoms with van der Waals surface area (Å²) in [5.74, 6) is -0.319. The van der Waals surface area contributed by atoms with Gasteiger partial charge in [0.1, 0.15) is 5.82 Å². The number of rotatable bonds is 5. The molecule has 0 amide bonds. The minimum atomic E-state index is -0.470. The molecule has 0 spiro atoms. The number of anilines is 1. The number of nitrogens with zero attached hydrogens (tertiary/aromatic N) is 3. The molecule has 24 heavy (non-hydrogen) atoms. The highest BCUT2D eigenvalue weighted by atomic mass is 19.1. The van der Waals surface area contributed by atoms with Crippen molar-refractivity contribution in [2.75, 3.05) is 24.6 Å². The Morgan fingerprint density at radius 2 is 2.08 bits per heavy atom. The fourth-order valence-corrected chi connectivity index (χ4v) is 2.60. The first kappa shape index (κ1) is 16.3. The van der Waals surface area contributed by atoms with Crippen LogP contribution in [0.15, 0.2) is 30.6 Å². The highest BCUT2D eigenvalue weighted by Crippen LogP contribution is 2.26. The molecular weight excluding hydrogens is 313 g/mol. The zero-order valence-corrected chi connectivity index (χ0v) is 13.3. The molecule has 2 heterocycles. The highest BCUT2D eigenvalue weighted by Gasteiger charge is 2.35. The maximum Gasteiger partial charge on any atom is 0.312 e. The van der Waals surface area contributed by atoms with Gasteiger partial charge in [0, 0.05) is 42.2 Å². The van der Waals surface area contributed by atoms with Crippen LogP contribution in [-0.4, -0.2) is 40.7 Å². The molecule has 0 unspecified atom stereocenters. The predicted octanol–water partition coefficient (Wildman–Crippen LogP) is 1.77. The minimum absolute atomic E-state index is 0.146. The topological polar surface area (TPSA) is 75.5 Å². The number of aliphatic hydroxyl groups excluding tert-OH is 1. The molecule has 1 aliphatic heterocycles. The van der Waals surface area contributed by atoms with Gasteiger partial charge in [0.05, 0.1) is 19.1 Å². The first-order chi connectivity index (χ1) is 11.6. The van der Waals surface area contributed by atoms with Crippen LogP contribution in [0.4, 0.5) is 10.3 Å². The summed E-state index contributed by atoms with van der Waals surface area (Å²) in [6.45, 7) is 2.83. The van der Waals surface area contributed by atoms with Crippen LogP contribution in [0.2, 0.25) is 0 Å². The molecule has 0 saturated carbocycles. The van der Waals surface area contributed by atoms with Crippen molar-refractivity contribution in [2.45, 2.75) is 13.5 Å². The number of carbonyl (C=O) groups excluding carboxylic acids is 1. The van der Waals surface area contributed by atoms with Crippen LogP contribution in [0.5, 0.6) is 0 Å². The van der Waals surface area contributed by atoms with E-state index in [0.29, 0.717) is 36.8 Å². The molecule has 0 aliphatic carbocycles. The van der Waals surface area contributed by atoms with Crippen LogP contribution in [-0.2, 0) is 16.1 Å². The van der Waals surface area contributed by atoms with Crippen molar-refractivity contribution >= 4 is 11.9 Å². The van der Waals surface area contributed by atoms with Crippen LogP contribution >= 0.6 is 0 Å². The summed E-state index contributed by atoms with van der Waals surface area (Å²) in [6, 6.07) is 4.83. The first-order valence-corrected chi connectivity index (χ1v) is 7.76. The molecule has 0 radical (unpaired) electrons. The van der Waals surface area contributed by atoms with E-state index < -0.39 is 5.82 Å². The van der Waals surface area contributed by atoms with Crippen LogP contribution in [0, 0.1) is 11.7 Å². The number of ether oxygens (including phenoxy) is 1. The number of halogens is 1. The summed E-state index contributed by atoms with van der Waals surface area (Å²) >= 11 is 0. The van der Waals surface area contributed by atoms with Gasteiger partial charge in [0.25, 0.3) is 0 Å². The predicted molar refractivity (Wildman–Crippen MR) is 85.7 cm³/mol. The average Bonchev–Trinajstić information content (AvgIpc) is 2.55. The number of hydrogen-bond acceptors (Lipinski definition) is 6. The number of aromatic nitrogens is 2. The Hall–Kier alpha value is -2.54. The van der Waals surface area contributed by atoms with E-state index in [1.165, 1.54) is 6.07 Å². The van der Waals surface area contributed by atoms with Gasteiger partial charge >= 0.3 is 5.97 Å². The monoisotopic (exact) mass is 331 g/mol. The van der Waals surface area contributed by atoms with E-state index in [4.69, 9.17) is 9.84 Å². The lowest BCUT2D eigenvalue weighted by atomic mass is 10.0. The highest BCUT2D eigenvalue weighted by molar-refractivity contribution is 5.76. The van der Waals surface area contributed by atoms with Gasteiger partial charge in [-0.25, -0.2) is 14.4 Å². The van der Waals surface area contributed by atoms with Crippen molar-refractivity contribution in [3.8, 4) is 11.1 Å². The van der Waals surface area contributed by atoms with Gasteiger partial charge in [-0.1, -0.05) is 18.2 Å². The second-order valence-electron chi connectivity index (χ2n) is 5.56. The fourth-order valence-electron chi connectivity index (χ4n) is 2.60. The maximum absolute atomic E-state index is 14.2. The summed E-state index contributed by atoms with van der Waals surface area (Å²) in [7, 11) is 0.